The molecule has 0 saturated heterocycles. The monoisotopic (exact) mass is 242 g/mol. The number of rotatable bonds is 6. The molecule has 3 nitrogen and oxygen atoms in total. The number of carbonyl (C=O) groups is 1. The SMILES string of the molecule is CCCOc1ccc(CCC(=O)O)c(Cl)c1. The smallest absolute Gasteiger partial charge is 0.303 e. The molecular weight excluding hydrogens is 228 g/mol. The highest BCUT2D eigenvalue weighted by Gasteiger charge is 2.05. The number of aryl methyl sites for hydroxylation is 1. The topological polar surface area (TPSA) is 46.5 Å². The molecular formula is C12H15ClO3. The van der Waals surface area contributed by atoms with Crippen molar-refractivity contribution in [1.29, 1.82) is 0 Å². The van der Waals surface area contributed by atoms with Crippen molar-refractivity contribution in [2.24, 2.45) is 0 Å². The molecule has 0 aliphatic rings. The number of benzene rings is 1. The second-order valence-electron chi connectivity index (χ2n) is 3.50. The summed E-state index contributed by atoms with van der Waals surface area (Å²) in [6, 6.07) is 5.36. The highest BCUT2D eigenvalue weighted by molar-refractivity contribution is 6.31. The Morgan fingerprint density at radius 2 is 2.25 bits per heavy atom. The maximum absolute atomic E-state index is 10.4. The van der Waals surface area contributed by atoms with Gasteiger partial charge in [0.15, 0.2) is 0 Å². The van der Waals surface area contributed by atoms with Gasteiger partial charge in [0.2, 0.25) is 0 Å². The zero-order chi connectivity index (χ0) is 12.0. The lowest BCUT2D eigenvalue weighted by atomic mass is 10.1. The summed E-state index contributed by atoms with van der Waals surface area (Å²) < 4.78 is 5.42. The minimum Gasteiger partial charge on any atom is -0.494 e. The molecule has 0 aliphatic carbocycles. The number of ether oxygens (including phenoxy) is 1. The van der Waals surface area contributed by atoms with Crippen molar-refractivity contribution < 1.29 is 14.6 Å². The fraction of sp³-hybridized carbons (Fsp3) is 0.417. The Hall–Kier alpha value is -1.22. The molecule has 0 spiro atoms. The van der Waals surface area contributed by atoms with Crippen molar-refractivity contribution in [3.63, 3.8) is 0 Å². The molecule has 0 radical (unpaired) electrons. The van der Waals surface area contributed by atoms with Gasteiger partial charge in [-0.2, -0.15) is 0 Å². The number of hydrogen-bond acceptors (Lipinski definition) is 2. The van der Waals surface area contributed by atoms with Gasteiger partial charge in [-0.15, -0.1) is 0 Å². The fourth-order valence-electron chi connectivity index (χ4n) is 1.28. The van der Waals surface area contributed by atoms with E-state index in [-0.39, 0.29) is 6.42 Å². The lowest BCUT2D eigenvalue weighted by Crippen LogP contribution is -1.99. The molecule has 0 unspecified atom stereocenters. The average Bonchev–Trinajstić information content (AvgIpc) is 2.24. The zero-order valence-corrected chi connectivity index (χ0v) is 9.96. The van der Waals surface area contributed by atoms with E-state index >= 15 is 0 Å². The van der Waals surface area contributed by atoms with Crippen LogP contribution in [0.3, 0.4) is 0 Å². The summed E-state index contributed by atoms with van der Waals surface area (Å²) in [7, 11) is 0. The minimum absolute atomic E-state index is 0.0921. The predicted octanol–water partition coefficient (Wildman–Crippen LogP) is 3.15. The van der Waals surface area contributed by atoms with Crippen LogP contribution in [0.5, 0.6) is 5.75 Å². The van der Waals surface area contributed by atoms with E-state index in [1.54, 1.807) is 6.07 Å². The number of carboxylic acid groups (broad SMARTS) is 1. The quantitative estimate of drug-likeness (QED) is 0.834. The first-order valence-corrected chi connectivity index (χ1v) is 5.64. The molecule has 0 atom stereocenters. The van der Waals surface area contributed by atoms with Crippen molar-refractivity contribution >= 4 is 17.6 Å². The minimum atomic E-state index is -0.817. The van der Waals surface area contributed by atoms with Gasteiger partial charge in [-0.25, -0.2) is 0 Å². The number of aliphatic carboxylic acids is 1. The van der Waals surface area contributed by atoms with Gasteiger partial charge in [-0.3, -0.25) is 4.79 Å². The summed E-state index contributed by atoms with van der Waals surface area (Å²) in [6.45, 7) is 2.69. The number of carboxylic acids is 1. The Morgan fingerprint density at radius 3 is 2.81 bits per heavy atom. The summed E-state index contributed by atoms with van der Waals surface area (Å²) in [4.78, 5) is 10.4. The fourth-order valence-corrected chi connectivity index (χ4v) is 1.55. The predicted molar refractivity (Wildman–Crippen MR) is 63.2 cm³/mol. The average molecular weight is 243 g/mol. The van der Waals surface area contributed by atoms with Gasteiger partial charge in [-0.05, 0) is 30.5 Å². The molecule has 1 aromatic rings. The molecule has 0 aromatic heterocycles. The van der Waals surface area contributed by atoms with E-state index in [0.717, 1.165) is 17.7 Å². The molecule has 0 heterocycles. The van der Waals surface area contributed by atoms with Crippen LogP contribution in [0.25, 0.3) is 0 Å². The van der Waals surface area contributed by atoms with Crippen LogP contribution in [0.1, 0.15) is 25.3 Å². The van der Waals surface area contributed by atoms with Gasteiger partial charge in [-0.1, -0.05) is 24.6 Å². The van der Waals surface area contributed by atoms with E-state index in [2.05, 4.69) is 0 Å². The molecule has 16 heavy (non-hydrogen) atoms. The molecule has 0 aliphatic heterocycles. The first-order valence-electron chi connectivity index (χ1n) is 5.26. The summed E-state index contributed by atoms with van der Waals surface area (Å²) in [5.74, 6) is -0.0895. The molecule has 4 heteroatoms. The first kappa shape index (κ1) is 12.8. The number of hydrogen-bond donors (Lipinski definition) is 1. The van der Waals surface area contributed by atoms with E-state index in [0.29, 0.717) is 18.1 Å². The van der Waals surface area contributed by atoms with E-state index in [4.69, 9.17) is 21.4 Å². The second kappa shape index (κ2) is 6.38. The molecule has 1 N–H and O–H groups in total. The van der Waals surface area contributed by atoms with Gasteiger partial charge >= 0.3 is 5.97 Å². The Bertz CT molecular complexity index is 363. The molecule has 0 fully saturated rings. The van der Waals surface area contributed by atoms with Gasteiger partial charge in [0, 0.05) is 11.4 Å². The maximum atomic E-state index is 10.4. The van der Waals surface area contributed by atoms with Crippen LogP contribution in [0.15, 0.2) is 18.2 Å². The third kappa shape index (κ3) is 4.11. The van der Waals surface area contributed by atoms with Crippen molar-refractivity contribution in [1.82, 2.24) is 0 Å². The molecule has 1 rings (SSSR count). The highest BCUT2D eigenvalue weighted by Crippen LogP contribution is 2.23. The van der Waals surface area contributed by atoms with Crippen molar-refractivity contribution in [3.05, 3.63) is 28.8 Å². The van der Waals surface area contributed by atoms with E-state index in [1.165, 1.54) is 0 Å². The van der Waals surface area contributed by atoms with Crippen LogP contribution in [0.2, 0.25) is 5.02 Å². The Balaban J connectivity index is 2.63. The van der Waals surface area contributed by atoms with E-state index < -0.39 is 5.97 Å². The molecule has 0 saturated carbocycles. The lowest BCUT2D eigenvalue weighted by Gasteiger charge is -2.07. The first-order chi connectivity index (χ1) is 7.63. The third-order valence-corrected chi connectivity index (χ3v) is 2.46. The van der Waals surface area contributed by atoms with Crippen LogP contribution >= 0.6 is 11.6 Å². The van der Waals surface area contributed by atoms with Gasteiger partial charge in [0.1, 0.15) is 5.75 Å². The van der Waals surface area contributed by atoms with Gasteiger partial charge in [0.25, 0.3) is 0 Å². The largest absolute Gasteiger partial charge is 0.494 e. The summed E-state index contributed by atoms with van der Waals surface area (Å²) >= 11 is 6.02. The van der Waals surface area contributed by atoms with Crippen LogP contribution in [0, 0.1) is 0 Å². The highest BCUT2D eigenvalue weighted by atomic mass is 35.5. The van der Waals surface area contributed by atoms with E-state index in [9.17, 15) is 4.79 Å². The van der Waals surface area contributed by atoms with Crippen LogP contribution in [0.4, 0.5) is 0 Å². The normalized spacial score (nSPS) is 10.1. The Labute approximate surface area is 100.0 Å². The molecule has 0 amide bonds. The lowest BCUT2D eigenvalue weighted by molar-refractivity contribution is -0.136. The van der Waals surface area contributed by atoms with Crippen molar-refractivity contribution in [2.45, 2.75) is 26.2 Å². The number of halogens is 1. The van der Waals surface area contributed by atoms with Gasteiger partial charge in [0.05, 0.1) is 6.61 Å². The van der Waals surface area contributed by atoms with Crippen molar-refractivity contribution in [3.8, 4) is 5.75 Å². The van der Waals surface area contributed by atoms with Crippen LogP contribution in [-0.2, 0) is 11.2 Å². The summed E-state index contributed by atoms with van der Waals surface area (Å²) in [6.07, 6.45) is 1.48. The standard InChI is InChI=1S/C12H15ClO3/c1-2-7-16-10-5-3-9(11(13)8-10)4-6-12(14)15/h3,5,8H,2,4,6-7H2,1H3,(H,14,15). The maximum Gasteiger partial charge on any atom is 0.303 e. The van der Waals surface area contributed by atoms with Crippen molar-refractivity contribution in [2.75, 3.05) is 6.61 Å². The van der Waals surface area contributed by atoms with Crippen LogP contribution < -0.4 is 4.74 Å². The summed E-state index contributed by atoms with van der Waals surface area (Å²) in [5.41, 5.74) is 0.841. The van der Waals surface area contributed by atoms with E-state index in [1.807, 2.05) is 19.1 Å². The van der Waals surface area contributed by atoms with Crippen LogP contribution in [-0.4, -0.2) is 17.7 Å². The third-order valence-electron chi connectivity index (χ3n) is 2.11. The zero-order valence-electron chi connectivity index (χ0n) is 9.20. The second-order valence-corrected chi connectivity index (χ2v) is 3.90. The molecule has 1 aromatic carbocycles. The Morgan fingerprint density at radius 1 is 1.50 bits per heavy atom. The summed E-state index contributed by atoms with van der Waals surface area (Å²) in [5, 5.41) is 9.13. The molecule has 88 valence electrons. The van der Waals surface area contributed by atoms with Gasteiger partial charge < -0.3 is 9.84 Å². The Kier molecular flexibility index (Phi) is 5.12. The molecule has 0 bridgehead atoms.